The predicted molar refractivity (Wildman–Crippen MR) is 61.5 cm³/mol. The zero-order valence-corrected chi connectivity index (χ0v) is 9.55. The molecule has 1 aromatic heterocycles. The van der Waals surface area contributed by atoms with Gasteiger partial charge in [0, 0.05) is 23.6 Å². The van der Waals surface area contributed by atoms with E-state index >= 15 is 0 Å². The number of hydrogen-bond acceptors (Lipinski definition) is 2. The van der Waals surface area contributed by atoms with Crippen LogP contribution in [0.4, 0.5) is 5.82 Å². The monoisotopic (exact) mass is 219 g/mol. The van der Waals surface area contributed by atoms with Gasteiger partial charge in [0.15, 0.2) is 5.82 Å². The number of nitrogens with zero attached hydrogens (tertiary/aromatic N) is 1. The first kappa shape index (κ1) is 9.87. The highest BCUT2D eigenvalue weighted by Crippen LogP contribution is 2.44. The van der Waals surface area contributed by atoms with Crippen LogP contribution in [-0.2, 0) is 4.79 Å². The lowest BCUT2D eigenvalue weighted by atomic mass is 9.78. The number of amides is 1. The summed E-state index contributed by atoms with van der Waals surface area (Å²) >= 11 is 0. The summed E-state index contributed by atoms with van der Waals surface area (Å²) in [4.78, 5) is 11.5. The molecule has 1 fully saturated rings. The Morgan fingerprint density at radius 2 is 2.25 bits per heavy atom. The lowest BCUT2D eigenvalue weighted by Gasteiger charge is -2.28. The Morgan fingerprint density at radius 1 is 1.44 bits per heavy atom. The standard InChI is InChI=1S/C12H17N3O/c1-2-7-6-9(16)13-12-10(7)11(14-15-12)8-4-3-5-8/h7-8H,2-6H2,1H3,(H2,13,14,15,16)/t7-/m0/s1. The van der Waals surface area contributed by atoms with Crippen molar-refractivity contribution in [2.45, 2.75) is 50.9 Å². The van der Waals surface area contributed by atoms with Crippen molar-refractivity contribution < 1.29 is 4.79 Å². The number of carbonyl (C=O) groups excluding carboxylic acids is 1. The van der Waals surface area contributed by atoms with E-state index in [0.717, 1.165) is 12.2 Å². The van der Waals surface area contributed by atoms with Crippen molar-refractivity contribution in [2.24, 2.45) is 0 Å². The first-order valence-corrected chi connectivity index (χ1v) is 6.17. The Hall–Kier alpha value is -1.32. The lowest BCUT2D eigenvalue weighted by Crippen LogP contribution is -2.23. The molecule has 0 saturated heterocycles. The van der Waals surface area contributed by atoms with Gasteiger partial charge in [-0.3, -0.25) is 9.89 Å². The molecule has 1 saturated carbocycles. The molecule has 3 rings (SSSR count). The molecule has 4 heteroatoms. The fourth-order valence-corrected chi connectivity index (χ4v) is 2.74. The largest absolute Gasteiger partial charge is 0.309 e. The van der Waals surface area contributed by atoms with Crippen molar-refractivity contribution in [1.82, 2.24) is 10.2 Å². The van der Waals surface area contributed by atoms with Gasteiger partial charge in [0.1, 0.15) is 0 Å². The molecule has 2 N–H and O–H groups in total. The van der Waals surface area contributed by atoms with Crippen molar-refractivity contribution >= 4 is 11.7 Å². The van der Waals surface area contributed by atoms with Crippen LogP contribution < -0.4 is 5.32 Å². The normalized spacial score (nSPS) is 24.8. The molecule has 1 atom stereocenters. The van der Waals surface area contributed by atoms with Crippen LogP contribution in [0.3, 0.4) is 0 Å². The van der Waals surface area contributed by atoms with Gasteiger partial charge in [-0.25, -0.2) is 0 Å². The molecule has 0 aromatic carbocycles. The van der Waals surface area contributed by atoms with E-state index in [1.165, 1.54) is 30.5 Å². The fourth-order valence-electron chi connectivity index (χ4n) is 2.74. The number of carbonyl (C=O) groups is 1. The van der Waals surface area contributed by atoms with Crippen LogP contribution in [0.15, 0.2) is 0 Å². The second kappa shape index (κ2) is 3.61. The molecular formula is C12H17N3O. The van der Waals surface area contributed by atoms with Crippen LogP contribution in [0.2, 0.25) is 0 Å². The summed E-state index contributed by atoms with van der Waals surface area (Å²) in [6.45, 7) is 2.14. The molecule has 0 bridgehead atoms. The Morgan fingerprint density at radius 3 is 2.88 bits per heavy atom. The molecule has 86 valence electrons. The van der Waals surface area contributed by atoms with Crippen molar-refractivity contribution in [2.75, 3.05) is 5.32 Å². The second-order valence-electron chi connectivity index (χ2n) is 4.88. The van der Waals surface area contributed by atoms with E-state index in [9.17, 15) is 4.79 Å². The van der Waals surface area contributed by atoms with Crippen molar-refractivity contribution in [3.8, 4) is 0 Å². The molecular weight excluding hydrogens is 202 g/mol. The third-order valence-corrected chi connectivity index (χ3v) is 3.94. The fraction of sp³-hybridized carbons (Fsp3) is 0.667. The molecule has 0 radical (unpaired) electrons. The van der Waals surface area contributed by atoms with E-state index in [4.69, 9.17) is 0 Å². The van der Waals surface area contributed by atoms with Gasteiger partial charge < -0.3 is 5.32 Å². The predicted octanol–water partition coefficient (Wildman–Crippen LogP) is 2.51. The Labute approximate surface area is 94.8 Å². The minimum Gasteiger partial charge on any atom is -0.309 e. The van der Waals surface area contributed by atoms with Crippen molar-refractivity contribution in [1.29, 1.82) is 0 Å². The Balaban J connectivity index is 2.00. The van der Waals surface area contributed by atoms with Gasteiger partial charge in [-0.15, -0.1) is 0 Å². The van der Waals surface area contributed by atoms with Gasteiger partial charge in [-0.2, -0.15) is 5.10 Å². The summed E-state index contributed by atoms with van der Waals surface area (Å²) in [6.07, 6.45) is 5.47. The van der Waals surface area contributed by atoms with E-state index < -0.39 is 0 Å². The zero-order chi connectivity index (χ0) is 11.1. The summed E-state index contributed by atoms with van der Waals surface area (Å²) in [6, 6.07) is 0. The third kappa shape index (κ3) is 1.36. The number of aromatic amines is 1. The maximum atomic E-state index is 11.5. The van der Waals surface area contributed by atoms with Crippen LogP contribution in [0.25, 0.3) is 0 Å². The van der Waals surface area contributed by atoms with Crippen LogP contribution in [-0.4, -0.2) is 16.1 Å². The number of hydrogen-bond donors (Lipinski definition) is 2. The minimum absolute atomic E-state index is 0.103. The maximum Gasteiger partial charge on any atom is 0.226 e. The van der Waals surface area contributed by atoms with E-state index in [1.54, 1.807) is 0 Å². The Kier molecular flexibility index (Phi) is 2.23. The quantitative estimate of drug-likeness (QED) is 0.803. The number of anilines is 1. The maximum absolute atomic E-state index is 11.5. The van der Waals surface area contributed by atoms with Crippen LogP contribution in [0.5, 0.6) is 0 Å². The van der Waals surface area contributed by atoms with Crippen molar-refractivity contribution in [3.63, 3.8) is 0 Å². The van der Waals surface area contributed by atoms with Crippen molar-refractivity contribution in [3.05, 3.63) is 11.3 Å². The molecule has 1 aromatic rings. The molecule has 1 aliphatic heterocycles. The highest BCUT2D eigenvalue weighted by molar-refractivity contribution is 5.93. The van der Waals surface area contributed by atoms with E-state index in [0.29, 0.717) is 18.3 Å². The first-order valence-electron chi connectivity index (χ1n) is 6.17. The lowest BCUT2D eigenvalue weighted by molar-refractivity contribution is -0.116. The summed E-state index contributed by atoms with van der Waals surface area (Å²) in [5.41, 5.74) is 2.57. The number of nitrogens with one attached hydrogen (secondary N) is 2. The smallest absolute Gasteiger partial charge is 0.226 e. The van der Waals surface area contributed by atoms with Gasteiger partial charge in [0.05, 0.1) is 0 Å². The van der Waals surface area contributed by atoms with E-state index in [-0.39, 0.29) is 5.91 Å². The molecule has 16 heavy (non-hydrogen) atoms. The van der Waals surface area contributed by atoms with Gasteiger partial charge in [0.25, 0.3) is 0 Å². The molecule has 4 nitrogen and oxygen atoms in total. The molecule has 1 aliphatic carbocycles. The molecule has 2 heterocycles. The molecule has 0 spiro atoms. The number of H-pyrrole nitrogens is 1. The van der Waals surface area contributed by atoms with Crippen LogP contribution in [0, 0.1) is 0 Å². The molecule has 0 unspecified atom stereocenters. The zero-order valence-electron chi connectivity index (χ0n) is 9.55. The third-order valence-electron chi connectivity index (χ3n) is 3.94. The number of fused-ring (bicyclic) bond motifs is 1. The Bertz CT molecular complexity index is 420. The summed E-state index contributed by atoms with van der Waals surface area (Å²) < 4.78 is 0. The van der Waals surface area contributed by atoms with E-state index in [1.807, 2.05) is 0 Å². The van der Waals surface area contributed by atoms with E-state index in [2.05, 4.69) is 22.4 Å². The molecule has 1 amide bonds. The second-order valence-corrected chi connectivity index (χ2v) is 4.88. The topological polar surface area (TPSA) is 57.8 Å². The van der Waals surface area contributed by atoms with Gasteiger partial charge in [-0.05, 0) is 25.2 Å². The average Bonchev–Trinajstić information content (AvgIpc) is 2.58. The average molecular weight is 219 g/mol. The highest BCUT2D eigenvalue weighted by Gasteiger charge is 2.33. The highest BCUT2D eigenvalue weighted by atomic mass is 16.1. The van der Waals surface area contributed by atoms with Gasteiger partial charge >= 0.3 is 0 Å². The minimum atomic E-state index is 0.103. The number of rotatable bonds is 2. The van der Waals surface area contributed by atoms with Crippen LogP contribution >= 0.6 is 0 Å². The summed E-state index contributed by atoms with van der Waals surface area (Å²) in [7, 11) is 0. The molecule has 2 aliphatic rings. The SMILES string of the molecule is CC[C@H]1CC(=O)Nc2n[nH]c(C3CCC3)c21. The number of aromatic nitrogens is 2. The first-order chi connectivity index (χ1) is 7.79. The van der Waals surface area contributed by atoms with Gasteiger partial charge in [-0.1, -0.05) is 13.3 Å². The summed E-state index contributed by atoms with van der Waals surface area (Å²) in [5.74, 6) is 1.90. The van der Waals surface area contributed by atoms with Gasteiger partial charge in [0.2, 0.25) is 5.91 Å². The summed E-state index contributed by atoms with van der Waals surface area (Å²) in [5, 5.41) is 10.3. The van der Waals surface area contributed by atoms with Crippen LogP contribution in [0.1, 0.15) is 62.1 Å².